The van der Waals surface area contributed by atoms with E-state index in [0.29, 0.717) is 19.4 Å². The van der Waals surface area contributed by atoms with Crippen molar-refractivity contribution in [2.75, 3.05) is 30.2 Å². The molecule has 0 bridgehead atoms. The second kappa shape index (κ2) is 13.1. The standard InChI is InChI=1S/C25H34FN3O4S/c1-4-6-17-27-25(31)22(5-2)28(18-16-20-12-8-7-9-13-20)24(30)19-29(34(3,32)33)23-15-11-10-14-21(23)26/h7-15,22H,4-6,16-19H2,1-3H3,(H,27,31)/t22-/m0/s1. The molecule has 0 heterocycles. The van der Waals surface area contributed by atoms with E-state index in [1.807, 2.05) is 37.3 Å². The van der Waals surface area contributed by atoms with E-state index in [1.54, 1.807) is 6.92 Å². The van der Waals surface area contributed by atoms with Crippen LogP contribution in [0.2, 0.25) is 0 Å². The summed E-state index contributed by atoms with van der Waals surface area (Å²) in [5.41, 5.74) is 0.775. The molecule has 0 saturated heterocycles. The van der Waals surface area contributed by atoms with Crippen LogP contribution >= 0.6 is 0 Å². The van der Waals surface area contributed by atoms with Crippen LogP contribution in [0.1, 0.15) is 38.7 Å². The first-order valence-corrected chi connectivity index (χ1v) is 13.4. The van der Waals surface area contributed by atoms with Crippen molar-refractivity contribution in [3.63, 3.8) is 0 Å². The lowest BCUT2D eigenvalue weighted by molar-refractivity contribution is -0.139. The number of hydrogen-bond donors (Lipinski definition) is 1. The van der Waals surface area contributed by atoms with Crippen molar-refractivity contribution in [1.82, 2.24) is 10.2 Å². The molecule has 0 radical (unpaired) electrons. The molecule has 34 heavy (non-hydrogen) atoms. The molecular formula is C25H34FN3O4S. The minimum absolute atomic E-state index is 0.207. The summed E-state index contributed by atoms with van der Waals surface area (Å²) in [5.74, 6) is -1.60. The van der Waals surface area contributed by atoms with Crippen molar-refractivity contribution in [1.29, 1.82) is 0 Å². The van der Waals surface area contributed by atoms with Crippen LogP contribution in [0, 0.1) is 5.82 Å². The van der Waals surface area contributed by atoms with Crippen molar-refractivity contribution in [3.05, 3.63) is 66.0 Å². The Kier molecular flexibility index (Phi) is 10.5. The van der Waals surface area contributed by atoms with E-state index in [-0.39, 0.29) is 18.1 Å². The van der Waals surface area contributed by atoms with Crippen molar-refractivity contribution in [2.45, 2.75) is 45.6 Å². The van der Waals surface area contributed by atoms with Crippen LogP contribution in [0.4, 0.5) is 10.1 Å². The Balaban J connectivity index is 2.33. The third-order valence-electron chi connectivity index (χ3n) is 5.50. The molecule has 0 aliphatic rings. The highest BCUT2D eigenvalue weighted by Crippen LogP contribution is 2.22. The summed E-state index contributed by atoms with van der Waals surface area (Å²) >= 11 is 0. The summed E-state index contributed by atoms with van der Waals surface area (Å²) in [6.07, 6.45) is 3.51. The summed E-state index contributed by atoms with van der Waals surface area (Å²) in [4.78, 5) is 27.8. The van der Waals surface area contributed by atoms with Crippen LogP contribution in [-0.4, -0.2) is 57.1 Å². The lowest BCUT2D eigenvalue weighted by Gasteiger charge is -2.33. The largest absolute Gasteiger partial charge is 0.354 e. The third-order valence-corrected chi connectivity index (χ3v) is 6.63. The quantitative estimate of drug-likeness (QED) is 0.436. The van der Waals surface area contributed by atoms with Crippen molar-refractivity contribution < 1.29 is 22.4 Å². The number of nitrogens with one attached hydrogen (secondary N) is 1. The third kappa shape index (κ3) is 7.83. The number of hydrogen-bond acceptors (Lipinski definition) is 4. The number of unbranched alkanes of at least 4 members (excludes halogenated alkanes) is 1. The monoisotopic (exact) mass is 491 g/mol. The number of rotatable bonds is 13. The van der Waals surface area contributed by atoms with Gasteiger partial charge < -0.3 is 10.2 Å². The highest BCUT2D eigenvalue weighted by atomic mass is 32.2. The molecule has 0 saturated carbocycles. The fourth-order valence-corrected chi connectivity index (χ4v) is 4.50. The topological polar surface area (TPSA) is 86.8 Å². The number of carbonyl (C=O) groups is 2. The van der Waals surface area contributed by atoms with Gasteiger partial charge in [0.25, 0.3) is 0 Å². The smallest absolute Gasteiger partial charge is 0.244 e. The number of nitrogens with zero attached hydrogens (tertiary/aromatic N) is 2. The molecule has 1 N–H and O–H groups in total. The molecule has 0 spiro atoms. The van der Waals surface area contributed by atoms with Gasteiger partial charge in [-0.15, -0.1) is 0 Å². The molecule has 2 rings (SSSR count). The summed E-state index contributed by atoms with van der Waals surface area (Å²) in [5, 5.41) is 2.87. The van der Waals surface area contributed by atoms with E-state index in [2.05, 4.69) is 5.32 Å². The molecular weight excluding hydrogens is 457 g/mol. The highest BCUT2D eigenvalue weighted by molar-refractivity contribution is 7.92. The molecule has 2 aromatic rings. The van der Waals surface area contributed by atoms with Gasteiger partial charge in [0.2, 0.25) is 21.8 Å². The van der Waals surface area contributed by atoms with E-state index < -0.39 is 34.3 Å². The Bertz CT molecular complexity index is 1050. The maximum Gasteiger partial charge on any atom is 0.244 e. The van der Waals surface area contributed by atoms with E-state index in [4.69, 9.17) is 0 Å². The first-order chi connectivity index (χ1) is 16.2. The zero-order chi connectivity index (χ0) is 25.1. The van der Waals surface area contributed by atoms with Gasteiger partial charge in [0.15, 0.2) is 0 Å². The summed E-state index contributed by atoms with van der Waals surface area (Å²) < 4.78 is 40.1. The molecule has 1 atom stereocenters. The SMILES string of the molecule is CCCCNC(=O)[C@H](CC)N(CCc1ccccc1)C(=O)CN(c1ccccc1F)S(C)(=O)=O. The number of carbonyl (C=O) groups excluding carboxylic acids is 2. The van der Waals surface area contributed by atoms with E-state index in [9.17, 15) is 22.4 Å². The Morgan fingerprint density at radius 3 is 2.26 bits per heavy atom. The number of amides is 2. The van der Waals surface area contributed by atoms with Crippen molar-refractivity contribution >= 4 is 27.5 Å². The van der Waals surface area contributed by atoms with Crippen molar-refractivity contribution in [3.8, 4) is 0 Å². The number of anilines is 1. The number of benzene rings is 2. The van der Waals surface area contributed by atoms with E-state index in [1.165, 1.54) is 23.1 Å². The predicted octanol–water partition coefficient (Wildman–Crippen LogP) is 3.36. The molecule has 0 aliphatic carbocycles. The van der Waals surface area contributed by atoms with Crippen LogP contribution in [0.5, 0.6) is 0 Å². The maximum atomic E-state index is 14.4. The summed E-state index contributed by atoms with van der Waals surface area (Å²) in [6.45, 7) is 3.93. The Morgan fingerprint density at radius 2 is 1.68 bits per heavy atom. The second-order valence-electron chi connectivity index (χ2n) is 8.11. The maximum absolute atomic E-state index is 14.4. The zero-order valence-electron chi connectivity index (χ0n) is 20.0. The normalized spacial score (nSPS) is 12.1. The van der Waals surface area contributed by atoms with Crippen LogP contribution in [0.3, 0.4) is 0 Å². The fraction of sp³-hybridized carbons (Fsp3) is 0.440. The van der Waals surface area contributed by atoms with Gasteiger partial charge in [-0.05, 0) is 37.0 Å². The van der Waals surface area contributed by atoms with E-state index >= 15 is 0 Å². The van der Waals surface area contributed by atoms with Crippen LogP contribution in [0.25, 0.3) is 0 Å². The number of sulfonamides is 1. The highest BCUT2D eigenvalue weighted by Gasteiger charge is 2.32. The summed E-state index contributed by atoms with van der Waals surface area (Å²) in [7, 11) is -3.96. The minimum Gasteiger partial charge on any atom is -0.354 e. The summed E-state index contributed by atoms with van der Waals surface area (Å²) in [6, 6.07) is 14.1. The van der Waals surface area contributed by atoms with Gasteiger partial charge in [0.05, 0.1) is 11.9 Å². The van der Waals surface area contributed by atoms with Gasteiger partial charge in [-0.3, -0.25) is 13.9 Å². The molecule has 2 amide bonds. The van der Waals surface area contributed by atoms with Crippen LogP contribution in [-0.2, 0) is 26.0 Å². The van der Waals surface area contributed by atoms with E-state index in [0.717, 1.165) is 35.0 Å². The van der Waals surface area contributed by atoms with Gasteiger partial charge in [0.1, 0.15) is 18.4 Å². The van der Waals surface area contributed by atoms with Gasteiger partial charge in [-0.1, -0.05) is 62.7 Å². The lowest BCUT2D eigenvalue weighted by atomic mass is 10.1. The van der Waals surface area contributed by atoms with Gasteiger partial charge >= 0.3 is 0 Å². The van der Waals surface area contributed by atoms with Gasteiger partial charge in [-0.2, -0.15) is 0 Å². The molecule has 0 unspecified atom stereocenters. The molecule has 0 aliphatic heterocycles. The Hall–Kier alpha value is -2.94. The molecule has 0 fully saturated rings. The molecule has 7 nitrogen and oxygen atoms in total. The lowest BCUT2D eigenvalue weighted by Crippen LogP contribution is -2.53. The molecule has 186 valence electrons. The average Bonchev–Trinajstić information content (AvgIpc) is 2.80. The second-order valence-corrected chi connectivity index (χ2v) is 10.0. The van der Waals surface area contributed by atoms with Gasteiger partial charge in [0, 0.05) is 13.1 Å². The number of para-hydroxylation sites is 1. The zero-order valence-corrected chi connectivity index (χ0v) is 20.9. The first kappa shape index (κ1) is 27.3. The number of halogens is 1. The molecule has 2 aromatic carbocycles. The minimum atomic E-state index is -3.96. The predicted molar refractivity (Wildman–Crippen MR) is 132 cm³/mol. The average molecular weight is 492 g/mol. The van der Waals surface area contributed by atoms with Crippen molar-refractivity contribution in [2.24, 2.45) is 0 Å². The fourth-order valence-electron chi connectivity index (χ4n) is 3.65. The molecule has 9 heteroatoms. The Labute approximate surface area is 202 Å². The van der Waals surface area contributed by atoms with Gasteiger partial charge in [-0.25, -0.2) is 12.8 Å². The van der Waals surface area contributed by atoms with Crippen LogP contribution < -0.4 is 9.62 Å². The first-order valence-electron chi connectivity index (χ1n) is 11.5. The van der Waals surface area contributed by atoms with Crippen LogP contribution in [0.15, 0.2) is 54.6 Å². The molecule has 0 aromatic heterocycles. The Morgan fingerprint density at radius 1 is 1.03 bits per heavy atom.